The van der Waals surface area contributed by atoms with Gasteiger partial charge in [-0.05, 0) is 38.8 Å². The number of hydrogen-bond donors (Lipinski definition) is 4. The molecule has 0 spiro atoms. The lowest BCUT2D eigenvalue weighted by Gasteiger charge is -2.33. The van der Waals surface area contributed by atoms with E-state index in [-0.39, 0.29) is 12.8 Å². The first-order valence-electron chi connectivity index (χ1n) is 7.50. The number of carboxylic acid groups (broad SMARTS) is 2. The second-order valence-corrected chi connectivity index (χ2v) is 5.40. The fourth-order valence-corrected chi connectivity index (χ4v) is 2.67. The number of hydrogen-bond acceptors (Lipinski definition) is 4. The highest BCUT2D eigenvalue weighted by atomic mass is 16.4. The van der Waals surface area contributed by atoms with E-state index in [2.05, 4.69) is 10.6 Å². The van der Waals surface area contributed by atoms with Crippen molar-refractivity contribution in [2.24, 2.45) is 0 Å². The maximum atomic E-state index is 10.5. The fourth-order valence-electron chi connectivity index (χ4n) is 2.67. The Morgan fingerprint density at radius 2 is 1.25 bits per heavy atom. The number of aliphatic carboxylic acids is 2. The van der Waals surface area contributed by atoms with Crippen LogP contribution in [0.4, 0.5) is 0 Å². The zero-order valence-corrected chi connectivity index (χ0v) is 11.9. The lowest BCUT2D eigenvalue weighted by atomic mass is 9.90. The molecule has 6 heteroatoms. The minimum Gasteiger partial charge on any atom is -0.481 e. The largest absolute Gasteiger partial charge is 0.481 e. The summed E-state index contributed by atoms with van der Waals surface area (Å²) in [6.07, 6.45) is 6.31. The van der Waals surface area contributed by atoms with Crippen LogP contribution in [-0.4, -0.2) is 47.3 Å². The van der Waals surface area contributed by atoms with Gasteiger partial charge in [0.05, 0.1) is 0 Å². The molecule has 1 aliphatic rings. The van der Waals surface area contributed by atoms with Crippen LogP contribution in [0.2, 0.25) is 0 Å². The number of rotatable bonds is 10. The highest BCUT2D eigenvalue weighted by Gasteiger charge is 2.23. The molecule has 1 saturated carbocycles. The van der Waals surface area contributed by atoms with E-state index in [0.29, 0.717) is 24.9 Å². The number of carboxylic acids is 2. The zero-order valence-electron chi connectivity index (χ0n) is 11.9. The summed E-state index contributed by atoms with van der Waals surface area (Å²) in [5.41, 5.74) is 0. The molecule has 0 aliphatic heterocycles. The van der Waals surface area contributed by atoms with Crippen molar-refractivity contribution in [1.29, 1.82) is 0 Å². The van der Waals surface area contributed by atoms with Crippen LogP contribution in [0.15, 0.2) is 0 Å². The maximum absolute atomic E-state index is 10.5. The van der Waals surface area contributed by atoms with Crippen LogP contribution in [0.1, 0.15) is 51.4 Å². The summed E-state index contributed by atoms with van der Waals surface area (Å²) >= 11 is 0. The van der Waals surface area contributed by atoms with Gasteiger partial charge in [-0.15, -0.1) is 0 Å². The van der Waals surface area contributed by atoms with Gasteiger partial charge >= 0.3 is 11.9 Å². The molecule has 0 aromatic heterocycles. The van der Waals surface area contributed by atoms with Gasteiger partial charge < -0.3 is 20.8 Å². The second kappa shape index (κ2) is 9.72. The molecule has 1 rings (SSSR count). The summed E-state index contributed by atoms with van der Waals surface area (Å²) in [6.45, 7) is 1.45. The van der Waals surface area contributed by atoms with E-state index in [1.165, 1.54) is 12.8 Å². The van der Waals surface area contributed by atoms with Crippen molar-refractivity contribution in [3.63, 3.8) is 0 Å². The SMILES string of the molecule is O=C(O)CCCN[C@@H]1CCCC[C@H]1NCCCC(=O)O. The molecule has 2 atom stereocenters. The van der Waals surface area contributed by atoms with E-state index < -0.39 is 11.9 Å². The predicted octanol–water partition coefficient (Wildman–Crippen LogP) is 1.21. The van der Waals surface area contributed by atoms with Crippen LogP contribution < -0.4 is 10.6 Å². The Morgan fingerprint density at radius 3 is 1.60 bits per heavy atom. The third kappa shape index (κ3) is 7.45. The van der Waals surface area contributed by atoms with Gasteiger partial charge in [-0.25, -0.2) is 0 Å². The Balaban J connectivity index is 2.19. The van der Waals surface area contributed by atoms with Crippen molar-refractivity contribution in [1.82, 2.24) is 10.6 Å². The lowest BCUT2D eigenvalue weighted by Crippen LogP contribution is -2.50. The van der Waals surface area contributed by atoms with Crippen LogP contribution in [0.25, 0.3) is 0 Å². The van der Waals surface area contributed by atoms with E-state index in [9.17, 15) is 9.59 Å². The summed E-state index contributed by atoms with van der Waals surface area (Å²) in [5.74, 6) is -1.50. The van der Waals surface area contributed by atoms with E-state index >= 15 is 0 Å². The van der Waals surface area contributed by atoms with Gasteiger partial charge in [-0.2, -0.15) is 0 Å². The van der Waals surface area contributed by atoms with E-state index in [1.807, 2.05) is 0 Å². The number of nitrogens with one attached hydrogen (secondary N) is 2. The summed E-state index contributed by atoms with van der Waals surface area (Å²) in [5, 5.41) is 24.1. The quantitative estimate of drug-likeness (QED) is 0.451. The van der Waals surface area contributed by atoms with Gasteiger partial charge in [0.2, 0.25) is 0 Å². The first kappa shape index (κ1) is 16.9. The predicted molar refractivity (Wildman–Crippen MR) is 75.8 cm³/mol. The highest BCUT2D eigenvalue weighted by molar-refractivity contribution is 5.66. The molecule has 1 fully saturated rings. The van der Waals surface area contributed by atoms with Crippen LogP contribution in [-0.2, 0) is 9.59 Å². The van der Waals surface area contributed by atoms with Crippen LogP contribution in [0, 0.1) is 0 Å². The minimum atomic E-state index is -0.751. The molecule has 116 valence electrons. The zero-order chi connectivity index (χ0) is 14.8. The Labute approximate surface area is 119 Å². The molecule has 0 radical (unpaired) electrons. The maximum Gasteiger partial charge on any atom is 0.303 e. The Hall–Kier alpha value is -1.14. The van der Waals surface area contributed by atoms with Gasteiger partial charge in [0.1, 0.15) is 0 Å². The molecule has 6 nitrogen and oxygen atoms in total. The third-order valence-electron chi connectivity index (χ3n) is 3.71. The smallest absolute Gasteiger partial charge is 0.303 e. The van der Waals surface area contributed by atoms with E-state index in [4.69, 9.17) is 10.2 Å². The standard InChI is InChI=1S/C14H26N2O4/c17-13(18)7-3-9-15-11-5-1-2-6-12(11)16-10-4-8-14(19)20/h11-12,15-16H,1-10H2,(H,17,18)(H,19,20)/t11-,12-/m1/s1. The van der Waals surface area contributed by atoms with Gasteiger partial charge in [-0.3, -0.25) is 9.59 Å². The van der Waals surface area contributed by atoms with Crippen molar-refractivity contribution in [2.45, 2.75) is 63.5 Å². The van der Waals surface area contributed by atoms with E-state index in [1.54, 1.807) is 0 Å². The molecule has 4 N–H and O–H groups in total. The van der Waals surface area contributed by atoms with Crippen molar-refractivity contribution in [3.05, 3.63) is 0 Å². The lowest BCUT2D eigenvalue weighted by molar-refractivity contribution is -0.138. The molecule has 0 bridgehead atoms. The molecule has 1 aliphatic carbocycles. The fraction of sp³-hybridized carbons (Fsp3) is 0.857. The summed E-state index contributed by atoms with van der Waals surface area (Å²) in [4.78, 5) is 20.9. The van der Waals surface area contributed by atoms with Crippen LogP contribution in [0.5, 0.6) is 0 Å². The first-order chi connectivity index (χ1) is 9.59. The van der Waals surface area contributed by atoms with Gasteiger partial charge in [0.25, 0.3) is 0 Å². The van der Waals surface area contributed by atoms with Crippen molar-refractivity contribution in [3.8, 4) is 0 Å². The molecule has 0 heterocycles. The Bertz CT molecular complexity index is 280. The molecule has 0 unspecified atom stereocenters. The van der Waals surface area contributed by atoms with E-state index in [0.717, 1.165) is 25.9 Å². The van der Waals surface area contributed by atoms with Crippen LogP contribution >= 0.6 is 0 Å². The third-order valence-corrected chi connectivity index (χ3v) is 3.71. The second-order valence-electron chi connectivity index (χ2n) is 5.40. The first-order valence-corrected chi connectivity index (χ1v) is 7.50. The minimum absolute atomic E-state index is 0.205. The van der Waals surface area contributed by atoms with Crippen molar-refractivity contribution < 1.29 is 19.8 Å². The van der Waals surface area contributed by atoms with Gasteiger partial charge in [0, 0.05) is 24.9 Å². The Kier molecular flexibility index (Phi) is 8.22. The Morgan fingerprint density at radius 1 is 0.850 bits per heavy atom. The average Bonchev–Trinajstić information content (AvgIpc) is 2.40. The molecule has 0 saturated heterocycles. The van der Waals surface area contributed by atoms with Crippen LogP contribution in [0.3, 0.4) is 0 Å². The summed E-state index contributed by atoms with van der Waals surface area (Å²) < 4.78 is 0. The molecule has 0 aromatic carbocycles. The summed E-state index contributed by atoms with van der Waals surface area (Å²) in [6, 6.07) is 0.754. The van der Waals surface area contributed by atoms with Crippen molar-refractivity contribution >= 4 is 11.9 Å². The topological polar surface area (TPSA) is 98.7 Å². The molecule has 20 heavy (non-hydrogen) atoms. The summed E-state index contributed by atoms with van der Waals surface area (Å²) in [7, 11) is 0. The van der Waals surface area contributed by atoms with Gasteiger partial charge in [-0.1, -0.05) is 12.8 Å². The molecular weight excluding hydrogens is 260 g/mol. The molecule has 0 amide bonds. The van der Waals surface area contributed by atoms with Gasteiger partial charge in [0.15, 0.2) is 0 Å². The normalized spacial score (nSPS) is 22.6. The highest BCUT2D eigenvalue weighted by Crippen LogP contribution is 2.18. The molecular formula is C14H26N2O4. The average molecular weight is 286 g/mol. The monoisotopic (exact) mass is 286 g/mol. The molecule has 0 aromatic rings. The van der Waals surface area contributed by atoms with Crippen molar-refractivity contribution in [2.75, 3.05) is 13.1 Å². The number of carbonyl (C=O) groups is 2.